The average Bonchev–Trinajstić information content (AvgIpc) is 2.84. The number of rotatable bonds is 12. The molecule has 0 bridgehead atoms. The fourth-order valence-corrected chi connectivity index (χ4v) is 4.57. The summed E-state index contributed by atoms with van der Waals surface area (Å²) in [5.41, 5.74) is 3.39. The van der Waals surface area contributed by atoms with E-state index in [2.05, 4.69) is 5.32 Å². The van der Waals surface area contributed by atoms with E-state index < -0.39 is 12.0 Å². The van der Waals surface area contributed by atoms with Crippen molar-refractivity contribution in [3.05, 3.63) is 64.7 Å². The normalized spacial score (nSPS) is 12.1. The van der Waals surface area contributed by atoms with Gasteiger partial charge in [-0.1, -0.05) is 43.3 Å². The van der Waals surface area contributed by atoms with Gasteiger partial charge in [0, 0.05) is 6.42 Å². The highest BCUT2D eigenvalue weighted by Gasteiger charge is 2.41. The van der Waals surface area contributed by atoms with Crippen LogP contribution >= 0.6 is 0 Å². The Morgan fingerprint density at radius 1 is 0.943 bits per heavy atom. The molecule has 0 radical (unpaired) electrons. The van der Waals surface area contributed by atoms with Crippen molar-refractivity contribution in [3.8, 4) is 0 Å². The van der Waals surface area contributed by atoms with Crippen LogP contribution in [0, 0.1) is 13.8 Å². The number of benzene rings is 2. The van der Waals surface area contributed by atoms with Crippen LogP contribution in [-0.2, 0) is 25.7 Å². The van der Waals surface area contributed by atoms with Gasteiger partial charge < -0.3 is 19.3 Å². The molecule has 0 saturated heterocycles. The van der Waals surface area contributed by atoms with Crippen molar-refractivity contribution in [3.63, 3.8) is 0 Å². The van der Waals surface area contributed by atoms with Crippen LogP contribution in [0.2, 0.25) is 0 Å². The molecule has 2 aromatic rings. The van der Waals surface area contributed by atoms with E-state index >= 15 is 0 Å². The maximum absolute atomic E-state index is 13.6. The highest BCUT2D eigenvalue weighted by molar-refractivity contribution is 6.03. The Balaban J connectivity index is 2.27. The highest BCUT2D eigenvalue weighted by atomic mass is 16.5. The second-order valence-corrected chi connectivity index (χ2v) is 8.79. The van der Waals surface area contributed by atoms with Crippen LogP contribution in [0.4, 0.5) is 5.69 Å². The number of hydrogen-bond donors (Lipinski definition) is 1. The monoisotopic (exact) mass is 483 g/mol. The topological polar surface area (TPSA) is 81.7 Å². The maximum Gasteiger partial charge on any atom is 0.362 e. The lowest BCUT2D eigenvalue weighted by Gasteiger charge is -2.41. The number of anilines is 1. The van der Waals surface area contributed by atoms with E-state index in [-0.39, 0.29) is 36.1 Å². The summed E-state index contributed by atoms with van der Waals surface area (Å²) >= 11 is 0. The van der Waals surface area contributed by atoms with Crippen molar-refractivity contribution < 1.29 is 28.3 Å². The minimum absolute atomic E-state index is 0.0867. The summed E-state index contributed by atoms with van der Waals surface area (Å²) in [6.07, 6.45) is 0.527. The zero-order valence-corrected chi connectivity index (χ0v) is 21.8. The fraction of sp³-hybridized carbons (Fsp3) is 0.464. The molecular formula is C28H39N2O5+. The Morgan fingerprint density at radius 2 is 1.60 bits per heavy atom. The van der Waals surface area contributed by atoms with E-state index in [1.165, 1.54) is 0 Å². The Kier molecular flexibility index (Phi) is 10.5. The molecule has 0 saturated carbocycles. The molecule has 190 valence electrons. The molecule has 2 rings (SSSR count). The van der Waals surface area contributed by atoms with Gasteiger partial charge in [-0.15, -0.1) is 0 Å². The number of aryl methyl sites for hydroxylation is 2. The van der Waals surface area contributed by atoms with Crippen LogP contribution in [0.1, 0.15) is 61.2 Å². The first kappa shape index (κ1) is 28.1. The summed E-state index contributed by atoms with van der Waals surface area (Å²) in [6, 6.07) is 12.7. The van der Waals surface area contributed by atoms with E-state index in [4.69, 9.17) is 9.47 Å². The molecule has 0 fully saturated rings. The second-order valence-electron chi connectivity index (χ2n) is 8.79. The first-order chi connectivity index (χ1) is 16.7. The number of ether oxygens (including phenoxy) is 2. The predicted octanol–water partition coefficient (Wildman–Crippen LogP) is 4.80. The molecule has 2 aromatic carbocycles. The van der Waals surface area contributed by atoms with Gasteiger partial charge in [0.15, 0.2) is 12.6 Å². The number of hydrogen-bond acceptors (Lipinski definition) is 5. The molecule has 0 heterocycles. The average molecular weight is 484 g/mol. The molecule has 1 unspecified atom stereocenters. The van der Waals surface area contributed by atoms with Crippen LogP contribution in [-0.4, -0.2) is 54.6 Å². The van der Waals surface area contributed by atoms with Gasteiger partial charge in [-0.3, -0.25) is 4.79 Å². The van der Waals surface area contributed by atoms with E-state index in [9.17, 15) is 14.4 Å². The van der Waals surface area contributed by atoms with Gasteiger partial charge >= 0.3 is 11.9 Å². The number of quaternary nitrogens is 1. The van der Waals surface area contributed by atoms with Gasteiger partial charge in [-0.05, 0) is 57.4 Å². The van der Waals surface area contributed by atoms with Crippen molar-refractivity contribution in [2.45, 2.75) is 60.6 Å². The van der Waals surface area contributed by atoms with Crippen molar-refractivity contribution in [2.75, 3.05) is 31.6 Å². The number of carbonyl (C=O) groups excluding carboxylic acids is 3. The quantitative estimate of drug-likeness (QED) is 0.347. The molecule has 0 aliphatic carbocycles. The third kappa shape index (κ3) is 7.15. The summed E-state index contributed by atoms with van der Waals surface area (Å²) < 4.78 is 11.0. The van der Waals surface area contributed by atoms with E-state index in [1.54, 1.807) is 13.0 Å². The molecule has 1 amide bonds. The van der Waals surface area contributed by atoms with Crippen LogP contribution in [0.3, 0.4) is 0 Å². The number of nitrogens with one attached hydrogen (secondary N) is 1. The number of nitrogens with zero attached hydrogens (tertiary/aromatic N) is 1. The van der Waals surface area contributed by atoms with E-state index in [1.807, 2.05) is 71.0 Å². The molecule has 0 aliphatic rings. The van der Waals surface area contributed by atoms with Crippen LogP contribution in [0.15, 0.2) is 42.5 Å². The van der Waals surface area contributed by atoms with E-state index in [0.717, 1.165) is 16.7 Å². The lowest BCUT2D eigenvalue weighted by molar-refractivity contribution is -0.932. The van der Waals surface area contributed by atoms with Gasteiger partial charge in [0.2, 0.25) is 0 Å². The zero-order chi connectivity index (χ0) is 26.0. The number of likely N-dealkylation sites (N-methyl/N-ethyl adjacent to an activating group) is 1. The molecule has 7 nitrogen and oxygen atoms in total. The summed E-state index contributed by atoms with van der Waals surface area (Å²) in [5, 5.41) is 2.99. The fourth-order valence-electron chi connectivity index (χ4n) is 4.57. The molecule has 0 aliphatic heterocycles. The Bertz CT molecular complexity index is 1020. The minimum atomic E-state index is -0.495. The van der Waals surface area contributed by atoms with Crippen molar-refractivity contribution in [2.24, 2.45) is 0 Å². The second kappa shape index (κ2) is 13.0. The Hall–Kier alpha value is -3.19. The van der Waals surface area contributed by atoms with Crippen LogP contribution < -0.4 is 5.32 Å². The molecule has 0 spiro atoms. The summed E-state index contributed by atoms with van der Waals surface area (Å²) in [7, 11) is 0. The summed E-state index contributed by atoms with van der Waals surface area (Å²) in [4.78, 5) is 39.0. The smallest absolute Gasteiger partial charge is 0.362 e. The third-order valence-corrected chi connectivity index (χ3v) is 6.52. The molecule has 35 heavy (non-hydrogen) atoms. The SMILES string of the molecule is CCOC(=O)c1cc(C)cc(C)c1NC(=O)C(CC)[N+](CC)(CC)CC(=O)OCc1ccccc1. The van der Waals surface area contributed by atoms with Gasteiger partial charge in [-0.2, -0.15) is 0 Å². The first-order valence-corrected chi connectivity index (χ1v) is 12.4. The van der Waals surface area contributed by atoms with Gasteiger partial charge in [0.25, 0.3) is 5.91 Å². The largest absolute Gasteiger partial charge is 0.462 e. The molecular weight excluding hydrogens is 444 g/mol. The lowest BCUT2D eigenvalue weighted by atomic mass is 10.0. The van der Waals surface area contributed by atoms with E-state index in [0.29, 0.717) is 30.8 Å². The summed E-state index contributed by atoms with van der Waals surface area (Å²) in [6.45, 7) is 13.1. The predicted molar refractivity (Wildman–Crippen MR) is 137 cm³/mol. The number of carbonyl (C=O) groups is 3. The molecule has 7 heteroatoms. The standard InChI is InChI=1S/C28H38N2O5/c1-7-24(27(32)29-26-21(6)16-20(5)17-23(26)28(33)34-10-4)30(8-2,9-3)18-25(31)35-19-22-14-12-11-13-15-22/h11-17,24H,7-10,18-19H2,1-6H3/p+1. The van der Waals surface area contributed by atoms with Crippen LogP contribution in [0.25, 0.3) is 0 Å². The molecule has 1 N–H and O–H groups in total. The molecule has 0 aromatic heterocycles. The Labute approximate surface area is 209 Å². The minimum Gasteiger partial charge on any atom is -0.462 e. The zero-order valence-electron chi connectivity index (χ0n) is 21.8. The number of esters is 2. The highest BCUT2D eigenvalue weighted by Crippen LogP contribution is 2.26. The van der Waals surface area contributed by atoms with Crippen molar-refractivity contribution >= 4 is 23.5 Å². The van der Waals surface area contributed by atoms with Crippen molar-refractivity contribution in [1.29, 1.82) is 0 Å². The Morgan fingerprint density at radius 3 is 2.17 bits per heavy atom. The van der Waals surface area contributed by atoms with Crippen LogP contribution in [0.5, 0.6) is 0 Å². The van der Waals surface area contributed by atoms with Gasteiger partial charge in [0.05, 0.1) is 30.9 Å². The van der Waals surface area contributed by atoms with Gasteiger partial charge in [0.1, 0.15) is 6.61 Å². The maximum atomic E-state index is 13.6. The number of amides is 1. The third-order valence-electron chi connectivity index (χ3n) is 6.52. The van der Waals surface area contributed by atoms with Crippen molar-refractivity contribution in [1.82, 2.24) is 0 Å². The van der Waals surface area contributed by atoms with Gasteiger partial charge in [-0.25, -0.2) is 9.59 Å². The molecule has 1 atom stereocenters. The lowest BCUT2D eigenvalue weighted by Crippen LogP contribution is -2.61. The first-order valence-electron chi connectivity index (χ1n) is 12.4. The summed E-state index contributed by atoms with van der Waals surface area (Å²) in [5.74, 6) is -1.05.